The van der Waals surface area contributed by atoms with Crippen molar-refractivity contribution in [3.63, 3.8) is 0 Å². The van der Waals surface area contributed by atoms with Crippen LogP contribution in [0.5, 0.6) is 0 Å². The van der Waals surface area contributed by atoms with Crippen molar-refractivity contribution < 1.29 is 4.79 Å². The first-order chi connectivity index (χ1) is 11.3. The van der Waals surface area contributed by atoms with Crippen LogP contribution in [0.1, 0.15) is 36.8 Å². The Labute approximate surface area is 153 Å². The molecule has 0 radical (unpaired) electrons. The minimum Gasteiger partial charge on any atom is -0.334 e. The van der Waals surface area contributed by atoms with Crippen LogP contribution in [0, 0.1) is 0 Å². The second-order valence-electron chi connectivity index (χ2n) is 5.72. The summed E-state index contributed by atoms with van der Waals surface area (Å²) in [6, 6.07) is 20.5. The topological polar surface area (TPSA) is 20.3 Å². The van der Waals surface area contributed by atoms with E-state index in [4.69, 9.17) is 0 Å². The van der Waals surface area contributed by atoms with Gasteiger partial charge in [0.25, 0.3) is 0 Å². The van der Waals surface area contributed by atoms with Gasteiger partial charge in [-0.1, -0.05) is 89.7 Å². The molecule has 3 heteroatoms. The van der Waals surface area contributed by atoms with E-state index < -0.39 is 0 Å². The predicted molar refractivity (Wildman–Crippen MR) is 104 cm³/mol. The van der Waals surface area contributed by atoms with Gasteiger partial charge < -0.3 is 4.90 Å². The highest BCUT2D eigenvalue weighted by Crippen LogP contribution is 2.13. The summed E-state index contributed by atoms with van der Waals surface area (Å²) in [5, 5.41) is 0. The van der Waals surface area contributed by atoms with E-state index in [0.29, 0.717) is 19.5 Å². The van der Waals surface area contributed by atoms with Crippen molar-refractivity contribution in [1.29, 1.82) is 0 Å². The molecule has 122 valence electrons. The van der Waals surface area contributed by atoms with Gasteiger partial charge in [-0.05, 0) is 28.4 Å². The number of amides is 1. The lowest BCUT2D eigenvalue weighted by Crippen LogP contribution is -2.29. The average Bonchev–Trinajstić information content (AvgIpc) is 2.60. The van der Waals surface area contributed by atoms with E-state index in [1.54, 1.807) is 0 Å². The first-order valence-electron chi connectivity index (χ1n) is 8.21. The van der Waals surface area contributed by atoms with Crippen LogP contribution in [0.15, 0.2) is 60.7 Å². The molecule has 0 unspecified atom stereocenters. The van der Waals surface area contributed by atoms with Gasteiger partial charge in [-0.15, -0.1) is 0 Å². The summed E-state index contributed by atoms with van der Waals surface area (Å²) in [4.78, 5) is 14.6. The smallest absolute Gasteiger partial charge is 0.223 e. The molecule has 1 amide bonds. The number of unbranched alkanes of at least 4 members (excludes halogenated alkanes) is 2. The lowest BCUT2D eigenvalue weighted by atomic mass is 10.1. The summed E-state index contributed by atoms with van der Waals surface area (Å²) in [7, 11) is 0. The highest BCUT2D eigenvalue weighted by molar-refractivity contribution is 14.1. The normalized spacial score (nSPS) is 10.5. The van der Waals surface area contributed by atoms with E-state index in [1.165, 1.54) is 22.0 Å². The molecule has 2 aromatic carbocycles. The number of halogens is 1. The molecule has 0 aliphatic carbocycles. The second kappa shape index (κ2) is 10.4. The van der Waals surface area contributed by atoms with Gasteiger partial charge in [0, 0.05) is 19.5 Å². The average molecular weight is 421 g/mol. The zero-order chi connectivity index (χ0) is 16.3. The number of benzene rings is 2. The summed E-state index contributed by atoms with van der Waals surface area (Å²) in [5.74, 6) is 0.256. The summed E-state index contributed by atoms with van der Waals surface area (Å²) in [6.07, 6.45) is 3.97. The maximum absolute atomic E-state index is 12.6. The Morgan fingerprint density at radius 2 is 1.30 bits per heavy atom. The number of carbonyl (C=O) groups excluding carboxylic acids is 1. The Morgan fingerprint density at radius 1 is 0.783 bits per heavy atom. The molecule has 2 nitrogen and oxygen atoms in total. The maximum Gasteiger partial charge on any atom is 0.223 e. The van der Waals surface area contributed by atoms with Gasteiger partial charge in [-0.2, -0.15) is 0 Å². The third-order valence-electron chi connectivity index (χ3n) is 3.81. The fourth-order valence-electron chi connectivity index (χ4n) is 2.55. The van der Waals surface area contributed by atoms with Crippen LogP contribution in [0.2, 0.25) is 0 Å². The van der Waals surface area contributed by atoms with E-state index >= 15 is 0 Å². The van der Waals surface area contributed by atoms with Gasteiger partial charge >= 0.3 is 0 Å². The van der Waals surface area contributed by atoms with Crippen molar-refractivity contribution in [3.05, 3.63) is 71.8 Å². The highest BCUT2D eigenvalue weighted by atomic mass is 127. The Bertz CT molecular complexity index is 529. The Hall–Kier alpha value is -1.36. The van der Waals surface area contributed by atoms with Gasteiger partial charge in [0.1, 0.15) is 0 Å². The molecular formula is C20H24INO. The second-order valence-corrected chi connectivity index (χ2v) is 6.80. The quantitative estimate of drug-likeness (QED) is 0.309. The van der Waals surface area contributed by atoms with Gasteiger partial charge in [0.15, 0.2) is 0 Å². The standard InChI is InChI=1S/C20H24INO/c21-15-9-3-8-14-20(23)22(16-18-10-4-1-5-11-18)17-19-12-6-2-7-13-19/h1-2,4-7,10-13H,3,8-9,14-17H2. The van der Waals surface area contributed by atoms with Crippen LogP contribution in [0.4, 0.5) is 0 Å². The van der Waals surface area contributed by atoms with Gasteiger partial charge in [-0.25, -0.2) is 0 Å². The Morgan fingerprint density at radius 3 is 1.78 bits per heavy atom. The van der Waals surface area contributed by atoms with Crippen molar-refractivity contribution in [1.82, 2.24) is 4.90 Å². The fourth-order valence-corrected chi connectivity index (χ4v) is 3.08. The van der Waals surface area contributed by atoms with Crippen molar-refractivity contribution in [2.45, 2.75) is 38.8 Å². The largest absolute Gasteiger partial charge is 0.334 e. The van der Waals surface area contributed by atoms with Gasteiger partial charge in [-0.3, -0.25) is 4.79 Å². The van der Waals surface area contributed by atoms with E-state index in [9.17, 15) is 4.79 Å². The predicted octanol–water partition coefficient (Wildman–Crippen LogP) is 5.21. The molecule has 23 heavy (non-hydrogen) atoms. The minimum atomic E-state index is 0.256. The molecule has 0 heterocycles. The Balaban J connectivity index is 2.00. The summed E-state index contributed by atoms with van der Waals surface area (Å²) >= 11 is 2.39. The first kappa shape index (κ1) is 18.0. The number of carbonyl (C=O) groups is 1. The molecule has 0 aliphatic heterocycles. The van der Waals surface area contributed by atoms with E-state index in [0.717, 1.165) is 12.8 Å². The molecular weight excluding hydrogens is 397 g/mol. The summed E-state index contributed by atoms with van der Waals surface area (Å²) < 4.78 is 1.17. The molecule has 0 N–H and O–H groups in total. The zero-order valence-electron chi connectivity index (χ0n) is 13.5. The summed E-state index contributed by atoms with van der Waals surface area (Å²) in [5.41, 5.74) is 2.37. The first-order valence-corrected chi connectivity index (χ1v) is 9.74. The zero-order valence-corrected chi connectivity index (χ0v) is 15.6. The molecule has 0 saturated carbocycles. The van der Waals surface area contributed by atoms with Crippen LogP contribution in [0.25, 0.3) is 0 Å². The number of alkyl halides is 1. The van der Waals surface area contributed by atoms with Gasteiger partial charge in [0.05, 0.1) is 0 Å². The Kier molecular flexibility index (Phi) is 8.15. The molecule has 0 saturated heterocycles. The monoisotopic (exact) mass is 421 g/mol. The highest BCUT2D eigenvalue weighted by Gasteiger charge is 2.14. The molecule has 0 aliphatic rings. The molecule has 0 aromatic heterocycles. The lowest BCUT2D eigenvalue weighted by Gasteiger charge is -2.23. The molecule has 2 rings (SSSR count). The third-order valence-corrected chi connectivity index (χ3v) is 4.57. The van der Waals surface area contributed by atoms with Crippen LogP contribution >= 0.6 is 22.6 Å². The minimum absolute atomic E-state index is 0.256. The lowest BCUT2D eigenvalue weighted by molar-refractivity contribution is -0.132. The van der Waals surface area contributed by atoms with E-state index in [1.807, 2.05) is 41.3 Å². The van der Waals surface area contributed by atoms with Crippen molar-refractivity contribution in [2.75, 3.05) is 4.43 Å². The van der Waals surface area contributed by atoms with Crippen LogP contribution in [-0.4, -0.2) is 15.2 Å². The molecule has 2 aromatic rings. The van der Waals surface area contributed by atoms with Gasteiger partial charge in [0.2, 0.25) is 5.91 Å². The van der Waals surface area contributed by atoms with Crippen LogP contribution < -0.4 is 0 Å². The molecule has 0 atom stereocenters. The molecule has 0 bridgehead atoms. The fraction of sp³-hybridized carbons (Fsp3) is 0.350. The molecule has 0 spiro atoms. The number of hydrogen-bond acceptors (Lipinski definition) is 1. The van der Waals surface area contributed by atoms with E-state index in [-0.39, 0.29) is 5.91 Å². The van der Waals surface area contributed by atoms with E-state index in [2.05, 4.69) is 46.9 Å². The third kappa shape index (κ3) is 6.73. The summed E-state index contributed by atoms with van der Waals surface area (Å²) in [6.45, 7) is 1.36. The van der Waals surface area contributed by atoms with Crippen molar-refractivity contribution in [3.8, 4) is 0 Å². The number of hydrogen-bond donors (Lipinski definition) is 0. The SMILES string of the molecule is O=C(CCCCCI)N(Cc1ccccc1)Cc1ccccc1. The van der Waals surface area contributed by atoms with Crippen LogP contribution in [-0.2, 0) is 17.9 Å². The number of rotatable bonds is 9. The maximum atomic E-state index is 12.6. The van der Waals surface area contributed by atoms with Crippen LogP contribution in [0.3, 0.4) is 0 Å². The van der Waals surface area contributed by atoms with Crippen molar-refractivity contribution >= 4 is 28.5 Å². The number of nitrogens with zero attached hydrogens (tertiary/aromatic N) is 1. The van der Waals surface area contributed by atoms with Crippen molar-refractivity contribution in [2.24, 2.45) is 0 Å². The molecule has 0 fully saturated rings.